The number of hydrogen-bond acceptors (Lipinski definition) is 5. The molecular weight excluding hydrogens is 422 g/mol. The Hall–Kier alpha value is -3.39. The number of methoxy groups -OCH3 is 1. The zero-order chi connectivity index (χ0) is 23.8. The minimum absolute atomic E-state index is 0.0506. The van der Waals surface area contributed by atoms with Crippen LogP contribution < -0.4 is 15.4 Å². The number of benzene rings is 2. The van der Waals surface area contributed by atoms with E-state index < -0.39 is 11.9 Å². The average molecular weight is 454 g/mol. The third-order valence-electron chi connectivity index (χ3n) is 5.86. The molecule has 0 bridgehead atoms. The Morgan fingerprint density at radius 2 is 1.70 bits per heavy atom. The number of carbonyl (C=O) groups is 3. The summed E-state index contributed by atoms with van der Waals surface area (Å²) in [5, 5.41) is 5.71. The number of hydrogen-bond donors (Lipinski definition) is 2. The summed E-state index contributed by atoms with van der Waals surface area (Å²) in [6.45, 7) is 5.94. The summed E-state index contributed by atoms with van der Waals surface area (Å²) in [6.07, 6.45) is 0.733. The molecule has 3 rings (SSSR count). The number of para-hydroxylation sites is 1. The van der Waals surface area contributed by atoms with Crippen LogP contribution in [-0.4, -0.2) is 62.1 Å². The molecule has 8 heteroatoms. The van der Waals surface area contributed by atoms with Crippen LogP contribution in [0.15, 0.2) is 48.5 Å². The number of ether oxygens (including phenoxy) is 2. The molecule has 0 unspecified atom stereocenters. The van der Waals surface area contributed by atoms with Gasteiger partial charge in [-0.2, -0.15) is 0 Å². The van der Waals surface area contributed by atoms with Crippen LogP contribution in [0.4, 0.5) is 5.69 Å². The zero-order valence-corrected chi connectivity index (χ0v) is 19.3. The Bertz CT molecular complexity index is 970. The zero-order valence-electron chi connectivity index (χ0n) is 19.3. The van der Waals surface area contributed by atoms with Crippen LogP contribution in [0, 0.1) is 5.92 Å². The standard InChI is InChI=1S/C25H31N3O5/c1-4-17(2)22(25(31)28-13-15-33-16-14-28)27-24(30)20-7-5-6-8-21(20)26-23(29)18-9-11-19(32-3)12-10-18/h5-12,17,22H,4,13-16H2,1-3H3,(H,26,29)(H,27,30)/t17-,22+/m1/s1. The van der Waals surface area contributed by atoms with Gasteiger partial charge in [-0.1, -0.05) is 32.4 Å². The minimum atomic E-state index is -0.661. The van der Waals surface area contributed by atoms with Gasteiger partial charge in [0.1, 0.15) is 11.8 Å². The highest BCUT2D eigenvalue weighted by atomic mass is 16.5. The summed E-state index contributed by atoms with van der Waals surface area (Å²) in [5.74, 6) is -0.272. The fourth-order valence-corrected chi connectivity index (χ4v) is 3.61. The molecule has 1 aliphatic heterocycles. The lowest BCUT2D eigenvalue weighted by molar-refractivity contribution is -0.138. The van der Waals surface area contributed by atoms with Crippen molar-refractivity contribution in [2.75, 3.05) is 38.7 Å². The Morgan fingerprint density at radius 3 is 2.33 bits per heavy atom. The molecule has 2 aromatic rings. The van der Waals surface area contributed by atoms with Gasteiger partial charge in [0.05, 0.1) is 31.6 Å². The van der Waals surface area contributed by atoms with Crippen molar-refractivity contribution in [3.63, 3.8) is 0 Å². The molecule has 1 heterocycles. The molecular formula is C25H31N3O5. The first-order valence-corrected chi connectivity index (χ1v) is 11.2. The number of anilines is 1. The fourth-order valence-electron chi connectivity index (χ4n) is 3.61. The first-order valence-electron chi connectivity index (χ1n) is 11.2. The van der Waals surface area contributed by atoms with Gasteiger partial charge < -0.3 is 25.0 Å². The molecule has 0 saturated carbocycles. The molecule has 0 radical (unpaired) electrons. The molecule has 1 saturated heterocycles. The van der Waals surface area contributed by atoms with Gasteiger partial charge in [0.15, 0.2) is 0 Å². The topological polar surface area (TPSA) is 97.0 Å². The van der Waals surface area contributed by atoms with E-state index in [1.54, 1.807) is 60.5 Å². The van der Waals surface area contributed by atoms with Gasteiger partial charge in [0.25, 0.3) is 11.8 Å². The van der Waals surface area contributed by atoms with E-state index in [0.717, 1.165) is 6.42 Å². The van der Waals surface area contributed by atoms with Crippen molar-refractivity contribution >= 4 is 23.4 Å². The Morgan fingerprint density at radius 1 is 1.03 bits per heavy atom. The maximum atomic E-state index is 13.2. The van der Waals surface area contributed by atoms with Crippen LogP contribution >= 0.6 is 0 Å². The van der Waals surface area contributed by atoms with Crippen LogP contribution in [0.25, 0.3) is 0 Å². The molecule has 1 fully saturated rings. The molecule has 0 aliphatic carbocycles. The van der Waals surface area contributed by atoms with Crippen molar-refractivity contribution in [3.05, 3.63) is 59.7 Å². The second-order valence-corrected chi connectivity index (χ2v) is 8.00. The maximum absolute atomic E-state index is 13.2. The molecule has 1 aliphatic rings. The van der Waals surface area contributed by atoms with Crippen LogP contribution in [0.1, 0.15) is 41.0 Å². The highest BCUT2D eigenvalue weighted by molar-refractivity contribution is 6.09. The van der Waals surface area contributed by atoms with E-state index in [1.165, 1.54) is 0 Å². The first kappa shape index (κ1) is 24.3. The number of amides is 3. The first-order chi connectivity index (χ1) is 15.9. The Kier molecular flexibility index (Phi) is 8.43. The van der Waals surface area contributed by atoms with E-state index >= 15 is 0 Å². The second-order valence-electron chi connectivity index (χ2n) is 8.00. The SMILES string of the molecule is CC[C@@H](C)[C@H](NC(=O)c1ccccc1NC(=O)c1ccc(OC)cc1)C(=O)N1CCOCC1. The summed E-state index contributed by atoms with van der Waals surface area (Å²) in [5.41, 5.74) is 1.10. The lowest BCUT2D eigenvalue weighted by Crippen LogP contribution is -2.54. The molecule has 2 aromatic carbocycles. The molecule has 2 N–H and O–H groups in total. The van der Waals surface area contributed by atoms with Crippen LogP contribution in [0.2, 0.25) is 0 Å². The molecule has 0 aromatic heterocycles. The molecule has 33 heavy (non-hydrogen) atoms. The lowest BCUT2D eigenvalue weighted by atomic mass is 9.97. The Labute approximate surface area is 194 Å². The van der Waals surface area contributed by atoms with Gasteiger partial charge in [-0.3, -0.25) is 14.4 Å². The van der Waals surface area contributed by atoms with Gasteiger partial charge >= 0.3 is 0 Å². The van der Waals surface area contributed by atoms with Gasteiger partial charge in [0.2, 0.25) is 5.91 Å². The van der Waals surface area contributed by atoms with E-state index in [-0.39, 0.29) is 17.7 Å². The van der Waals surface area contributed by atoms with Crippen molar-refractivity contribution in [2.24, 2.45) is 5.92 Å². The summed E-state index contributed by atoms with van der Waals surface area (Å²) in [6, 6.07) is 12.8. The van der Waals surface area contributed by atoms with Crippen LogP contribution in [0.3, 0.4) is 0 Å². The number of nitrogens with one attached hydrogen (secondary N) is 2. The summed E-state index contributed by atoms with van der Waals surface area (Å²) in [4.78, 5) is 40.8. The normalized spacial score (nSPS) is 15.3. The van der Waals surface area contributed by atoms with Crippen LogP contribution in [-0.2, 0) is 9.53 Å². The van der Waals surface area contributed by atoms with Gasteiger partial charge in [-0.25, -0.2) is 0 Å². The van der Waals surface area contributed by atoms with E-state index in [2.05, 4.69) is 10.6 Å². The molecule has 2 atom stereocenters. The molecule has 8 nitrogen and oxygen atoms in total. The quantitative estimate of drug-likeness (QED) is 0.641. The van der Waals surface area contributed by atoms with E-state index in [4.69, 9.17) is 9.47 Å². The van der Waals surface area contributed by atoms with E-state index in [9.17, 15) is 14.4 Å². The largest absolute Gasteiger partial charge is 0.497 e. The predicted octanol–water partition coefficient (Wildman–Crippen LogP) is 2.95. The van der Waals surface area contributed by atoms with Gasteiger partial charge in [0, 0.05) is 18.7 Å². The maximum Gasteiger partial charge on any atom is 0.255 e. The number of nitrogens with zero attached hydrogens (tertiary/aromatic N) is 1. The van der Waals surface area contributed by atoms with Gasteiger partial charge in [-0.05, 0) is 42.3 Å². The molecule has 3 amide bonds. The third kappa shape index (κ3) is 6.10. The number of carbonyl (C=O) groups excluding carboxylic acids is 3. The number of rotatable bonds is 8. The minimum Gasteiger partial charge on any atom is -0.497 e. The van der Waals surface area contributed by atoms with Crippen molar-refractivity contribution in [2.45, 2.75) is 26.3 Å². The summed E-state index contributed by atoms with van der Waals surface area (Å²) < 4.78 is 10.5. The molecule has 0 spiro atoms. The smallest absolute Gasteiger partial charge is 0.255 e. The predicted molar refractivity (Wildman–Crippen MR) is 125 cm³/mol. The van der Waals surface area contributed by atoms with E-state index in [0.29, 0.717) is 48.9 Å². The monoisotopic (exact) mass is 453 g/mol. The highest BCUT2D eigenvalue weighted by Crippen LogP contribution is 2.19. The number of morpholine rings is 1. The van der Waals surface area contributed by atoms with Crippen LogP contribution in [0.5, 0.6) is 5.75 Å². The molecule has 176 valence electrons. The fraction of sp³-hybridized carbons (Fsp3) is 0.400. The average Bonchev–Trinajstić information content (AvgIpc) is 2.87. The van der Waals surface area contributed by atoms with Crippen molar-refractivity contribution in [1.29, 1.82) is 0 Å². The van der Waals surface area contributed by atoms with Gasteiger partial charge in [-0.15, -0.1) is 0 Å². The Balaban J connectivity index is 1.76. The van der Waals surface area contributed by atoms with Crippen molar-refractivity contribution < 1.29 is 23.9 Å². The van der Waals surface area contributed by atoms with Crippen molar-refractivity contribution in [1.82, 2.24) is 10.2 Å². The highest BCUT2D eigenvalue weighted by Gasteiger charge is 2.31. The lowest BCUT2D eigenvalue weighted by Gasteiger charge is -2.33. The van der Waals surface area contributed by atoms with E-state index in [1.807, 2.05) is 13.8 Å². The van der Waals surface area contributed by atoms with Crippen molar-refractivity contribution in [3.8, 4) is 5.75 Å². The second kappa shape index (κ2) is 11.5. The third-order valence-corrected chi connectivity index (χ3v) is 5.86. The summed E-state index contributed by atoms with van der Waals surface area (Å²) >= 11 is 0. The summed E-state index contributed by atoms with van der Waals surface area (Å²) in [7, 11) is 1.56.